The van der Waals surface area contributed by atoms with E-state index < -0.39 is 0 Å². The Hall–Kier alpha value is -3.26. The van der Waals surface area contributed by atoms with E-state index in [1.54, 1.807) is 6.26 Å². The summed E-state index contributed by atoms with van der Waals surface area (Å²) in [6, 6.07) is 10.3. The molecule has 3 heterocycles. The highest BCUT2D eigenvalue weighted by atomic mass is 16.3. The maximum Gasteiger partial charge on any atom is 0.252 e. The monoisotopic (exact) mass is 432 g/mol. The van der Waals surface area contributed by atoms with Gasteiger partial charge in [0.05, 0.1) is 30.9 Å². The number of furan rings is 1. The summed E-state index contributed by atoms with van der Waals surface area (Å²) < 4.78 is 7.57. The number of hydrogen-bond acceptors (Lipinski definition) is 6. The zero-order valence-electron chi connectivity index (χ0n) is 18.5. The molecule has 8 nitrogen and oxygen atoms in total. The maximum absolute atomic E-state index is 13.0. The Kier molecular flexibility index (Phi) is 5.61. The van der Waals surface area contributed by atoms with Gasteiger partial charge in [0.1, 0.15) is 5.76 Å². The largest absolute Gasteiger partial charge is 0.468 e. The first-order chi connectivity index (χ1) is 15.6. The number of fused-ring (bicyclic) bond motifs is 1. The first-order valence-electron chi connectivity index (χ1n) is 11.2. The quantitative estimate of drug-likeness (QED) is 0.474. The number of tetrazole rings is 1. The molecule has 3 aromatic heterocycles. The molecule has 1 fully saturated rings. The second-order valence-electron chi connectivity index (χ2n) is 8.80. The van der Waals surface area contributed by atoms with E-state index >= 15 is 0 Å². The third-order valence-electron chi connectivity index (χ3n) is 6.58. The van der Waals surface area contributed by atoms with Crippen LogP contribution >= 0.6 is 0 Å². The van der Waals surface area contributed by atoms with Crippen molar-refractivity contribution in [3.8, 4) is 0 Å². The van der Waals surface area contributed by atoms with Crippen LogP contribution in [-0.4, -0.2) is 30.1 Å². The minimum Gasteiger partial charge on any atom is -0.468 e. The highest BCUT2D eigenvalue weighted by molar-refractivity contribution is 5.83. The highest BCUT2D eigenvalue weighted by Crippen LogP contribution is 2.29. The third kappa shape index (κ3) is 4.10. The van der Waals surface area contributed by atoms with Crippen molar-refractivity contribution in [1.29, 1.82) is 0 Å². The van der Waals surface area contributed by atoms with Gasteiger partial charge in [-0.15, -0.1) is 5.10 Å². The zero-order chi connectivity index (χ0) is 22.1. The molecule has 1 aromatic carbocycles. The number of aromatic amines is 1. The molecule has 5 rings (SSSR count). The zero-order valence-corrected chi connectivity index (χ0v) is 18.5. The van der Waals surface area contributed by atoms with E-state index in [0.717, 1.165) is 40.9 Å². The molecular formula is C24H28N6O2. The number of benzene rings is 1. The van der Waals surface area contributed by atoms with Crippen LogP contribution in [0.2, 0.25) is 0 Å². The van der Waals surface area contributed by atoms with Crippen LogP contribution in [0.3, 0.4) is 0 Å². The lowest BCUT2D eigenvalue weighted by molar-refractivity contribution is 0.213. The Morgan fingerprint density at radius 3 is 2.78 bits per heavy atom. The van der Waals surface area contributed by atoms with Crippen molar-refractivity contribution in [1.82, 2.24) is 30.1 Å². The lowest BCUT2D eigenvalue weighted by atomic mass is 10.0. The van der Waals surface area contributed by atoms with Crippen LogP contribution in [0.5, 0.6) is 0 Å². The smallest absolute Gasteiger partial charge is 0.252 e. The summed E-state index contributed by atoms with van der Waals surface area (Å²) in [5, 5.41) is 13.6. The molecule has 1 aliphatic rings. The van der Waals surface area contributed by atoms with Gasteiger partial charge in [0.15, 0.2) is 5.82 Å². The Balaban J connectivity index is 1.45. The molecule has 0 atom stereocenters. The van der Waals surface area contributed by atoms with Crippen LogP contribution in [0, 0.1) is 13.8 Å². The fourth-order valence-corrected chi connectivity index (χ4v) is 4.67. The molecule has 1 aliphatic carbocycles. The van der Waals surface area contributed by atoms with Crippen LogP contribution in [0.15, 0.2) is 45.8 Å². The Morgan fingerprint density at radius 1 is 1.16 bits per heavy atom. The Morgan fingerprint density at radius 2 is 2.00 bits per heavy atom. The van der Waals surface area contributed by atoms with Crippen LogP contribution < -0.4 is 5.56 Å². The number of nitrogens with zero attached hydrogens (tertiary/aromatic N) is 5. The lowest BCUT2D eigenvalue weighted by Crippen LogP contribution is -2.28. The molecule has 4 aromatic rings. The number of H-pyrrole nitrogens is 1. The normalized spacial score (nSPS) is 14.7. The van der Waals surface area contributed by atoms with Gasteiger partial charge < -0.3 is 9.40 Å². The summed E-state index contributed by atoms with van der Waals surface area (Å²) in [7, 11) is 0. The Bertz CT molecular complexity index is 1270. The van der Waals surface area contributed by atoms with E-state index in [0.29, 0.717) is 31.2 Å². The Labute approximate surface area is 186 Å². The average Bonchev–Trinajstić information content (AvgIpc) is 3.55. The van der Waals surface area contributed by atoms with Gasteiger partial charge in [-0.05, 0) is 71.8 Å². The lowest BCUT2D eigenvalue weighted by Gasteiger charge is -2.22. The van der Waals surface area contributed by atoms with Crippen molar-refractivity contribution in [2.45, 2.75) is 65.2 Å². The molecule has 0 aliphatic heterocycles. The number of aryl methyl sites for hydroxylation is 2. The molecule has 0 unspecified atom stereocenters. The first-order valence-corrected chi connectivity index (χ1v) is 11.2. The molecule has 0 bridgehead atoms. The summed E-state index contributed by atoms with van der Waals surface area (Å²) >= 11 is 0. The second-order valence-corrected chi connectivity index (χ2v) is 8.80. The predicted molar refractivity (Wildman–Crippen MR) is 121 cm³/mol. The highest BCUT2D eigenvalue weighted by Gasteiger charge is 2.23. The van der Waals surface area contributed by atoms with Gasteiger partial charge in [-0.2, -0.15) is 0 Å². The molecule has 0 amide bonds. The van der Waals surface area contributed by atoms with Crippen molar-refractivity contribution < 1.29 is 4.42 Å². The van der Waals surface area contributed by atoms with Crippen molar-refractivity contribution in [3.05, 3.63) is 75.2 Å². The summed E-state index contributed by atoms with van der Waals surface area (Å²) in [4.78, 5) is 18.2. The maximum atomic E-state index is 13.0. The van der Waals surface area contributed by atoms with Crippen LogP contribution in [-0.2, 0) is 19.6 Å². The van der Waals surface area contributed by atoms with Gasteiger partial charge >= 0.3 is 0 Å². The van der Waals surface area contributed by atoms with E-state index in [-0.39, 0.29) is 5.56 Å². The van der Waals surface area contributed by atoms with Gasteiger partial charge in [-0.3, -0.25) is 9.69 Å². The van der Waals surface area contributed by atoms with E-state index in [9.17, 15) is 4.79 Å². The first kappa shape index (κ1) is 20.6. The second kappa shape index (κ2) is 8.70. The molecule has 0 saturated heterocycles. The van der Waals surface area contributed by atoms with Crippen molar-refractivity contribution in [3.63, 3.8) is 0 Å². The standard InChI is InChI=1S/C24H28N6O2/c1-16-9-10-18-12-19(24(31)25-23(18)17(16)2)13-29(14-21-8-5-11-32-21)15-22-26-27-28-30(22)20-6-3-4-7-20/h5,8-12,20H,3-4,6-7,13-15H2,1-2H3,(H,25,31). The van der Waals surface area contributed by atoms with E-state index in [1.807, 2.05) is 29.8 Å². The molecule has 8 heteroatoms. The average molecular weight is 433 g/mol. The van der Waals surface area contributed by atoms with Crippen LogP contribution in [0.1, 0.15) is 60.0 Å². The number of pyridine rings is 1. The van der Waals surface area contributed by atoms with Gasteiger partial charge in [0.2, 0.25) is 0 Å². The molecule has 32 heavy (non-hydrogen) atoms. The summed E-state index contributed by atoms with van der Waals surface area (Å²) in [5.41, 5.74) is 3.83. The SMILES string of the molecule is Cc1ccc2cc(CN(Cc3ccco3)Cc3nnnn3C3CCCC3)c(=O)[nH]c2c1C. The van der Waals surface area contributed by atoms with Gasteiger partial charge in [0, 0.05) is 12.1 Å². The number of aromatic nitrogens is 5. The van der Waals surface area contributed by atoms with E-state index in [4.69, 9.17) is 4.42 Å². The van der Waals surface area contributed by atoms with Crippen LogP contribution in [0.25, 0.3) is 10.9 Å². The topological polar surface area (TPSA) is 92.8 Å². The minimum atomic E-state index is -0.0639. The van der Waals surface area contributed by atoms with Gasteiger partial charge in [-0.25, -0.2) is 4.68 Å². The van der Waals surface area contributed by atoms with E-state index in [2.05, 4.69) is 44.5 Å². The molecular weight excluding hydrogens is 404 g/mol. The van der Waals surface area contributed by atoms with Crippen molar-refractivity contribution in [2.24, 2.45) is 0 Å². The summed E-state index contributed by atoms with van der Waals surface area (Å²) in [5.74, 6) is 1.67. The predicted octanol–water partition coefficient (Wildman–Crippen LogP) is 4.04. The number of hydrogen-bond donors (Lipinski definition) is 1. The van der Waals surface area contributed by atoms with Crippen molar-refractivity contribution >= 4 is 10.9 Å². The molecule has 1 saturated carbocycles. The minimum absolute atomic E-state index is 0.0639. The molecule has 1 N–H and O–H groups in total. The summed E-state index contributed by atoms with van der Waals surface area (Å²) in [6.45, 7) is 5.67. The van der Waals surface area contributed by atoms with E-state index in [1.165, 1.54) is 18.4 Å². The molecule has 166 valence electrons. The summed E-state index contributed by atoms with van der Waals surface area (Å²) in [6.07, 6.45) is 6.32. The number of rotatable bonds is 7. The molecule has 0 radical (unpaired) electrons. The van der Waals surface area contributed by atoms with Crippen molar-refractivity contribution in [2.75, 3.05) is 0 Å². The van der Waals surface area contributed by atoms with Crippen LogP contribution in [0.4, 0.5) is 0 Å². The fraction of sp³-hybridized carbons (Fsp3) is 0.417. The fourth-order valence-electron chi connectivity index (χ4n) is 4.67. The third-order valence-corrected chi connectivity index (χ3v) is 6.58. The number of nitrogens with one attached hydrogen (secondary N) is 1. The van der Waals surface area contributed by atoms with Gasteiger partial charge in [0.25, 0.3) is 5.56 Å². The molecule has 0 spiro atoms. The van der Waals surface area contributed by atoms with Gasteiger partial charge in [-0.1, -0.05) is 25.0 Å².